The lowest BCUT2D eigenvalue weighted by atomic mass is 10.2. The van der Waals surface area contributed by atoms with Crippen molar-refractivity contribution in [1.82, 2.24) is 25.4 Å². The van der Waals surface area contributed by atoms with Gasteiger partial charge in [-0.2, -0.15) is 0 Å². The number of hydrogen-bond donors (Lipinski definition) is 2. The van der Waals surface area contributed by atoms with Gasteiger partial charge in [0.25, 0.3) is 0 Å². The molecule has 2 aliphatic rings. The van der Waals surface area contributed by atoms with Crippen molar-refractivity contribution in [3.8, 4) is 0 Å². The van der Waals surface area contributed by atoms with Gasteiger partial charge in [-0.25, -0.2) is 4.99 Å². The Bertz CT molecular complexity index is 560. The SMILES string of the molecule is Cc1nnc(CN=C(NCCCOCC2CC2)NC2CCCC2)n1C. The summed E-state index contributed by atoms with van der Waals surface area (Å²) in [5, 5.41) is 15.3. The molecule has 1 aromatic rings. The molecule has 0 amide bonds. The molecule has 0 bridgehead atoms. The molecule has 2 aliphatic carbocycles. The van der Waals surface area contributed by atoms with Crippen LogP contribution < -0.4 is 10.6 Å². The minimum Gasteiger partial charge on any atom is -0.381 e. The van der Waals surface area contributed by atoms with Gasteiger partial charge in [-0.1, -0.05) is 12.8 Å². The van der Waals surface area contributed by atoms with Crippen LogP contribution in [0.1, 0.15) is 56.6 Å². The van der Waals surface area contributed by atoms with E-state index in [-0.39, 0.29) is 0 Å². The maximum atomic E-state index is 5.70. The minimum atomic E-state index is 0.539. The normalized spacial score (nSPS) is 18.7. The Hall–Kier alpha value is -1.63. The molecule has 7 heteroatoms. The van der Waals surface area contributed by atoms with Crippen molar-refractivity contribution < 1.29 is 4.74 Å². The van der Waals surface area contributed by atoms with Gasteiger partial charge in [-0.3, -0.25) is 0 Å². The van der Waals surface area contributed by atoms with Gasteiger partial charge < -0.3 is 19.9 Å². The van der Waals surface area contributed by atoms with E-state index in [4.69, 9.17) is 9.73 Å². The number of aromatic nitrogens is 3. The first-order valence-electron chi connectivity index (χ1n) is 9.70. The van der Waals surface area contributed by atoms with E-state index in [1.165, 1.54) is 38.5 Å². The maximum Gasteiger partial charge on any atom is 0.191 e. The quantitative estimate of drug-likeness (QED) is 0.405. The number of ether oxygens (including phenoxy) is 1. The molecule has 1 aromatic heterocycles. The molecule has 0 spiro atoms. The molecule has 0 aliphatic heterocycles. The molecule has 2 N–H and O–H groups in total. The van der Waals surface area contributed by atoms with E-state index >= 15 is 0 Å². The van der Waals surface area contributed by atoms with Gasteiger partial charge in [-0.05, 0) is 44.9 Å². The lowest BCUT2D eigenvalue weighted by Crippen LogP contribution is -2.43. The Morgan fingerprint density at radius 3 is 2.72 bits per heavy atom. The fraction of sp³-hybridized carbons (Fsp3) is 0.833. The summed E-state index contributed by atoms with van der Waals surface area (Å²) in [5.41, 5.74) is 0. The number of rotatable bonds is 9. The molecular formula is C18H32N6O. The van der Waals surface area contributed by atoms with Crippen molar-refractivity contribution in [2.75, 3.05) is 19.8 Å². The van der Waals surface area contributed by atoms with Gasteiger partial charge in [0.15, 0.2) is 11.8 Å². The number of nitrogens with zero attached hydrogens (tertiary/aromatic N) is 4. The van der Waals surface area contributed by atoms with Gasteiger partial charge in [0.05, 0.1) is 0 Å². The summed E-state index contributed by atoms with van der Waals surface area (Å²) in [4.78, 5) is 4.72. The van der Waals surface area contributed by atoms with E-state index in [2.05, 4.69) is 20.8 Å². The molecule has 2 saturated carbocycles. The van der Waals surface area contributed by atoms with Gasteiger partial charge in [0.1, 0.15) is 12.4 Å². The maximum absolute atomic E-state index is 5.70. The summed E-state index contributed by atoms with van der Waals surface area (Å²) in [6.45, 7) is 5.13. The van der Waals surface area contributed by atoms with E-state index in [0.29, 0.717) is 12.6 Å². The molecule has 140 valence electrons. The molecule has 2 fully saturated rings. The minimum absolute atomic E-state index is 0.539. The van der Waals surface area contributed by atoms with Crippen LogP contribution in [0, 0.1) is 12.8 Å². The zero-order valence-electron chi connectivity index (χ0n) is 15.6. The van der Waals surface area contributed by atoms with E-state index in [1.54, 1.807) is 0 Å². The first kappa shape index (κ1) is 18.2. The predicted octanol–water partition coefficient (Wildman–Crippen LogP) is 1.92. The van der Waals surface area contributed by atoms with Crippen molar-refractivity contribution in [3.05, 3.63) is 11.6 Å². The molecule has 1 heterocycles. The number of nitrogens with one attached hydrogen (secondary N) is 2. The van der Waals surface area contributed by atoms with E-state index in [0.717, 1.165) is 49.7 Å². The monoisotopic (exact) mass is 348 g/mol. The third kappa shape index (κ3) is 5.99. The first-order valence-corrected chi connectivity index (χ1v) is 9.70. The van der Waals surface area contributed by atoms with Crippen LogP contribution in [0.4, 0.5) is 0 Å². The topological polar surface area (TPSA) is 76.4 Å². The third-order valence-electron chi connectivity index (χ3n) is 5.07. The smallest absolute Gasteiger partial charge is 0.191 e. The van der Waals surface area contributed by atoms with Gasteiger partial charge >= 0.3 is 0 Å². The van der Waals surface area contributed by atoms with Gasteiger partial charge in [0.2, 0.25) is 0 Å². The standard InChI is InChI=1S/C18H32N6O/c1-14-22-23-17(24(14)2)12-20-18(21-16-6-3-4-7-16)19-10-5-11-25-13-15-8-9-15/h15-16H,3-13H2,1-2H3,(H2,19,20,21). The van der Waals surface area contributed by atoms with E-state index < -0.39 is 0 Å². The zero-order valence-corrected chi connectivity index (χ0v) is 15.6. The van der Waals surface area contributed by atoms with Crippen molar-refractivity contribution >= 4 is 5.96 Å². The molecular weight excluding hydrogens is 316 g/mol. The highest BCUT2D eigenvalue weighted by Crippen LogP contribution is 2.28. The predicted molar refractivity (Wildman–Crippen MR) is 98.4 cm³/mol. The van der Waals surface area contributed by atoms with Crippen molar-refractivity contribution in [3.63, 3.8) is 0 Å². The van der Waals surface area contributed by atoms with Crippen LogP contribution in [0.5, 0.6) is 0 Å². The number of guanidine groups is 1. The second kappa shape index (κ2) is 9.17. The number of aliphatic imine (C=N–C) groups is 1. The summed E-state index contributed by atoms with van der Waals surface area (Å²) in [6, 6.07) is 0.540. The van der Waals surface area contributed by atoms with Crippen molar-refractivity contribution in [2.45, 2.75) is 64.5 Å². The van der Waals surface area contributed by atoms with Gasteiger partial charge in [0, 0.05) is 32.8 Å². The first-order chi connectivity index (χ1) is 12.2. The lowest BCUT2D eigenvalue weighted by molar-refractivity contribution is 0.123. The molecule has 3 rings (SSSR count). The van der Waals surface area contributed by atoms with Crippen LogP contribution in [-0.2, 0) is 18.3 Å². The Balaban J connectivity index is 1.45. The molecule has 0 aromatic carbocycles. The molecule has 7 nitrogen and oxygen atoms in total. The molecule has 0 saturated heterocycles. The summed E-state index contributed by atoms with van der Waals surface area (Å²) < 4.78 is 7.69. The van der Waals surface area contributed by atoms with E-state index in [1.807, 2.05) is 18.5 Å². The summed E-state index contributed by atoms with van der Waals surface area (Å²) >= 11 is 0. The molecule has 25 heavy (non-hydrogen) atoms. The Morgan fingerprint density at radius 2 is 2.04 bits per heavy atom. The lowest BCUT2D eigenvalue weighted by Gasteiger charge is -2.17. The van der Waals surface area contributed by atoms with E-state index in [9.17, 15) is 0 Å². The fourth-order valence-corrected chi connectivity index (χ4v) is 3.07. The molecule has 0 atom stereocenters. The van der Waals surface area contributed by atoms with Crippen LogP contribution in [0.3, 0.4) is 0 Å². The Labute approximate surface area is 150 Å². The zero-order chi connectivity index (χ0) is 17.5. The average molecular weight is 348 g/mol. The summed E-state index contributed by atoms with van der Waals surface area (Å²) in [7, 11) is 1.98. The van der Waals surface area contributed by atoms with Crippen LogP contribution in [0.2, 0.25) is 0 Å². The van der Waals surface area contributed by atoms with Gasteiger partial charge in [-0.15, -0.1) is 10.2 Å². The highest BCUT2D eigenvalue weighted by atomic mass is 16.5. The highest BCUT2D eigenvalue weighted by Gasteiger charge is 2.21. The van der Waals surface area contributed by atoms with Crippen molar-refractivity contribution in [2.24, 2.45) is 18.0 Å². The highest BCUT2D eigenvalue weighted by molar-refractivity contribution is 5.80. The molecule has 0 unspecified atom stereocenters. The third-order valence-corrected chi connectivity index (χ3v) is 5.07. The Kier molecular flexibility index (Phi) is 6.67. The number of aryl methyl sites for hydroxylation is 1. The summed E-state index contributed by atoms with van der Waals surface area (Å²) in [5.74, 6) is 3.52. The Morgan fingerprint density at radius 1 is 1.24 bits per heavy atom. The second-order valence-corrected chi connectivity index (χ2v) is 7.31. The van der Waals surface area contributed by atoms with Crippen LogP contribution in [0.15, 0.2) is 4.99 Å². The average Bonchev–Trinajstić information content (AvgIpc) is 3.19. The second-order valence-electron chi connectivity index (χ2n) is 7.31. The molecule has 0 radical (unpaired) electrons. The van der Waals surface area contributed by atoms with Crippen LogP contribution in [-0.4, -0.2) is 46.5 Å². The van der Waals surface area contributed by atoms with Crippen LogP contribution in [0.25, 0.3) is 0 Å². The van der Waals surface area contributed by atoms with Crippen LogP contribution >= 0.6 is 0 Å². The number of hydrogen-bond acceptors (Lipinski definition) is 4. The largest absolute Gasteiger partial charge is 0.381 e. The summed E-state index contributed by atoms with van der Waals surface area (Å²) in [6.07, 6.45) is 8.78. The fourth-order valence-electron chi connectivity index (χ4n) is 3.07. The van der Waals surface area contributed by atoms with Crippen molar-refractivity contribution in [1.29, 1.82) is 0 Å².